The average molecular weight is 390 g/mol. The van der Waals surface area contributed by atoms with Gasteiger partial charge in [-0.25, -0.2) is 9.97 Å². The third-order valence-corrected chi connectivity index (χ3v) is 5.26. The predicted octanol–water partition coefficient (Wildman–Crippen LogP) is 3.73. The molecular formula is C23H27N5O. The van der Waals surface area contributed by atoms with Crippen molar-refractivity contribution in [1.29, 1.82) is 0 Å². The highest BCUT2D eigenvalue weighted by Gasteiger charge is 2.18. The van der Waals surface area contributed by atoms with E-state index in [1.165, 1.54) is 16.8 Å². The Morgan fingerprint density at radius 2 is 1.69 bits per heavy atom. The molecule has 3 aromatic rings. The first-order chi connectivity index (χ1) is 14.2. The zero-order chi connectivity index (χ0) is 20.1. The Balaban J connectivity index is 1.35. The lowest BCUT2D eigenvalue weighted by atomic mass is 10.2. The molecule has 1 aromatic heterocycles. The lowest BCUT2D eigenvalue weighted by Gasteiger charge is -2.36. The molecule has 0 spiro atoms. The van der Waals surface area contributed by atoms with Gasteiger partial charge in [-0.1, -0.05) is 24.3 Å². The number of ether oxygens (including phenoxy) is 1. The van der Waals surface area contributed by atoms with E-state index in [2.05, 4.69) is 68.4 Å². The van der Waals surface area contributed by atoms with E-state index in [1.54, 1.807) is 13.4 Å². The molecule has 0 bridgehead atoms. The van der Waals surface area contributed by atoms with E-state index in [-0.39, 0.29) is 0 Å². The number of rotatable bonds is 6. The van der Waals surface area contributed by atoms with Gasteiger partial charge in [0, 0.05) is 44.5 Å². The van der Waals surface area contributed by atoms with Gasteiger partial charge in [-0.15, -0.1) is 0 Å². The molecule has 1 saturated heterocycles. The van der Waals surface area contributed by atoms with Crippen LogP contribution in [-0.2, 0) is 6.54 Å². The maximum absolute atomic E-state index is 5.21. The molecule has 0 radical (unpaired) electrons. The van der Waals surface area contributed by atoms with Gasteiger partial charge in [0.2, 0.25) is 0 Å². The second-order valence-electron chi connectivity index (χ2n) is 7.28. The molecule has 4 rings (SSSR count). The molecule has 0 unspecified atom stereocenters. The highest BCUT2D eigenvalue weighted by Crippen LogP contribution is 2.21. The number of nitrogens with zero attached hydrogens (tertiary/aromatic N) is 4. The summed E-state index contributed by atoms with van der Waals surface area (Å²) in [6, 6.07) is 18.8. The third-order valence-electron chi connectivity index (χ3n) is 5.26. The summed E-state index contributed by atoms with van der Waals surface area (Å²) in [5, 5.41) is 3.39. The maximum atomic E-state index is 5.21. The van der Waals surface area contributed by atoms with Gasteiger partial charge in [0.05, 0.1) is 7.11 Å². The smallest absolute Gasteiger partial charge is 0.134 e. The molecule has 2 aromatic carbocycles. The number of aryl methyl sites for hydroxylation is 1. The van der Waals surface area contributed by atoms with Gasteiger partial charge in [-0.05, 0) is 42.3 Å². The summed E-state index contributed by atoms with van der Waals surface area (Å²) in [7, 11) is 1.68. The number of methoxy groups -OCH3 is 1. The van der Waals surface area contributed by atoms with Crippen molar-refractivity contribution in [1.82, 2.24) is 9.97 Å². The number of aromatic nitrogens is 2. The summed E-state index contributed by atoms with van der Waals surface area (Å²) in [6.45, 7) is 6.72. The van der Waals surface area contributed by atoms with E-state index in [9.17, 15) is 0 Å². The van der Waals surface area contributed by atoms with Gasteiger partial charge in [0.25, 0.3) is 0 Å². The summed E-state index contributed by atoms with van der Waals surface area (Å²) < 4.78 is 5.21. The Morgan fingerprint density at radius 1 is 0.931 bits per heavy atom. The molecule has 1 aliphatic rings. The lowest BCUT2D eigenvalue weighted by Crippen LogP contribution is -2.46. The average Bonchev–Trinajstić information content (AvgIpc) is 2.78. The zero-order valence-electron chi connectivity index (χ0n) is 17.0. The molecule has 0 amide bonds. The highest BCUT2D eigenvalue weighted by atomic mass is 16.5. The Kier molecular flexibility index (Phi) is 5.79. The summed E-state index contributed by atoms with van der Waals surface area (Å²) >= 11 is 0. The van der Waals surface area contributed by atoms with Crippen molar-refractivity contribution in [3.63, 3.8) is 0 Å². The first kappa shape index (κ1) is 19.1. The second-order valence-corrected chi connectivity index (χ2v) is 7.28. The van der Waals surface area contributed by atoms with Crippen LogP contribution < -0.4 is 19.9 Å². The minimum atomic E-state index is 0.710. The molecule has 1 aliphatic heterocycles. The van der Waals surface area contributed by atoms with E-state index in [4.69, 9.17) is 4.74 Å². The molecule has 2 heterocycles. The number of benzene rings is 2. The van der Waals surface area contributed by atoms with Crippen molar-refractivity contribution in [2.45, 2.75) is 13.5 Å². The quantitative estimate of drug-likeness (QED) is 0.693. The van der Waals surface area contributed by atoms with Gasteiger partial charge in [0.1, 0.15) is 23.7 Å². The molecule has 0 atom stereocenters. The van der Waals surface area contributed by atoms with Gasteiger partial charge >= 0.3 is 0 Å². The van der Waals surface area contributed by atoms with E-state index in [1.807, 2.05) is 18.2 Å². The van der Waals surface area contributed by atoms with Crippen molar-refractivity contribution in [2.24, 2.45) is 0 Å². The Bertz CT molecular complexity index is 936. The van der Waals surface area contributed by atoms with Crippen LogP contribution in [-0.4, -0.2) is 43.3 Å². The van der Waals surface area contributed by atoms with Crippen molar-refractivity contribution in [3.05, 3.63) is 72.1 Å². The highest BCUT2D eigenvalue weighted by molar-refractivity contribution is 5.53. The third kappa shape index (κ3) is 4.77. The Hall–Kier alpha value is -3.28. The van der Waals surface area contributed by atoms with E-state index >= 15 is 0 Å². The van der Waals surface area contributed by atoms with Crippen LogP contribution in [0.15, 0.2) is 60.9 Å². The number of hydrogen-bond donors (Lipinski definition) is 1. The van der Waals surface area contributed by atoms with Crippen LogP contribution in [0.4, 0.5) is 17.3 Å². The minimum Gasteiger partial charge on any atom is -0.497 e. The normalized spacial score (nSPS) is 14.0. The van der Waals surface area contributed by atoms with Gasteiger partial charge in [-0.2, -0.15) is 0 Å². The van der Waals surface area contributed by atoms with Crippen LogP contribution in [0.3, 0.4) is 0 Å². The Morgan fingerprint density at radius 3 is 2.41 bits per heavy atom. The fourth-order valence-electron chi connectivity index (χ4n) is 3.57. The summed E-state index contributed by atoms with van der Waals surface area (Å²) in [6.07, 6.45) is 1.64. The second kappa shape index (κ2) is 8.82. The van der Waals surface area contributed by atoms with Crippen LogP contribution in [0, 0.1) is 6.92 Å². The van der Waals surface area contributed by atoms with Crippen molar-refractivity contribution in [3.8, 4) is 5.75 Å². The standard InChI is InChI=1S/C23H27N5O/c1-18-4-3-5-20(14-18)27-10-12-28(13-11-27)23-15-22(25-17-26-23)24-16-19-6-8-21(29-2)9-7-19/h3-9,14-15,17H,10-13,16H2,1-2H3,(H,24,25,26). The molecule has 1 N–H and O–H groups in total. The molecule has 0 saturated carbocycles. The van der Waals surface area contributed by atoms with Gasteiger partial charge in [0.15, 0.2) is 0 Å². The minimum absolute atomic E-state index is 0.710. The van der Waals surface area contributed by atoms with Crippen molar-refractivity contribution >= 4 is 17.3 Å². The van der Waals surface area contributed by atoms with Crippen LogP contribution in [0.25, 0.3) is 0 Å². The SMILES string of the molecule is COc1ccc(CNc2cc(N3CCN(c4cccc(C)c4)CC3)ncn2)cc1. The first-order valence-electron chi connectivity index (χ1n) is 9.97. The molecule has 29 heavy (non-hydrogen) atoms. The largest absolute Gasteiger partial charge is 0.497 e. The van der Waals surface area contributed by atoms with Crippen molar-refractivity contribution < 1.29 is 4.74 Å². The zero-order valence-corrected chi connectivity index (χ0v) is 17.0. The van der Waals surface area contributed by atoms with Crippen molar-refractivity contribution in [2.75, 3.05) is 48.4 Å². The molecule has 6 nitrogen and oxygen atoms in total. The first-order valence-corrected chi connectivity index (χ1v) is 9.97. The Labute approximate surface area is 172 Å². The summed E-state index contributed by atoms with van der Waals surface area (Å²) in [5.74, 6) is 2.68. The topological polar surface area (TPSA) is 53.5 Å². The molecular weight excluding hydrogens is 362 g/mol. The van der Waals surface area contributed by atoms with Gasteiger partial charge in [-0.3, -0.25) is 0 Å². The molecule has 1 fully saturated rings. The van der Waals surface area contributed by atoms with E-state index in [0.29, 0.717) is 6.54 Å². The monoisotopic (exact) mass is 389 g/mol. The number of anilines is 3. The van der Waals surface area contributed by atoms with E-state index < -0.39 is 0 Å². The number of hydrogen-bond acceptors (Lipinski definition) is 6. The number of nitrogens with one attached hydrogen (secondary N) is 1. The molecule has 0 aliphatic carbocycles. The van der Waals surface area contributed by atoms with Gasteiger partial charge < -0.3 is 19.9 Å². The predicted molar refractivity (Wildman–Crippen MR) is 118 cm³/mol. The molecule has 150 valence electrons. The summed E-state index contributed by atoms with van der Waals surface area (Å²) in [4.78, 5) is 13.6. The number of piperazine rings is 1. The fourth-order valence-corrected chi connectivity index (χ4v) is 3.57. The maximum Gasteiger partial charge on any atom is 0.134 e. The summed E-state index contributed by atoms with van der Waals surface area (Å²) in [5.41, 5.74) is 3.78. The lowest BCUT2D eigenvalue weighted by molar-refractivity contribution is 0.414. The van der Waals surface area contributed by atoms with Crippen LogP contribution in [0.1, 0.15) is 11.1 Å². The van der Waals surface area contributed by atoms with E-state index in [0.717, 1.165) is 43.6 Å². The fraction of sp³-hybridized carbons (Fsp3) is 0.304. The van der Waals surface area contributed by atoms with Crippen LogP contribution >= 0.6 is 0 Å². The van der Waals surface area contributed by atoms with Crippen LogP contribution in [0.2, 0.25) is 0 Å². The molecule has 6 heteroatoms. The van der Waals surface area contributed by atoms with Crippen LogP contribution in [0.5, 0.6) is 5.75 Å².